The number of carbonyl (C=O) groups is 2. The van der Waals surface area contributed by atoms with E-state index in [2.05, 4.69) is 5.32 Å². The van der Waals surface area contributed by atoms with E-state index >= 15 is 0 Å². The zero-order valence-electron chi connectivity index (χ0n) is 15.7. The van der Waals surface area contributed by atoms with E-state index in [4.69, 9.17) is 9.47 Å². The average molecular weight is 404 g/mol. The van der Waals surface area contributed by atoms with Crippen molar-refractivity contribution in [3.63, 3.8) is 0 Å². The number of amides is 1. The topological polar surface area (TPSA) is 108 Å². The molecule has 148 valence electrons. The first-order valence-electron chi connectivity index (χ1n) is 8.28. The van der Waals surface area contributed by atoms with E-state index in [9.17, 15) is 19.7 Å². The lowest BCUT2D eigenvalue weighted by atomic mass is 10.2. The van der Waals surface area contributed by atoms with E-state index in [-0.39, 0.29) is 17.1 Å². The first-order chi connectivity index (χ1) is 13.3. The number of nitro groups is 1. The Bertz CT molecular complexity index is 900. The molecule has 0 fully saturated rings. The van der Waals surface area contributed by atoms with Gasteiger partial charge in [0.2, 0.25) is 0 Å². The van der Waals surface area contributed by atoms with Crippen LogP contribution in [-0.4, -0.2) is 36.3 Å². The first kappa shape index (κ1) is 21.2. The molecule has 1 amide bonds. The number of rotatable bonds is 8. The van der Waals surface area contributed by atoms with E-state index in [0.717, 1.165) is 16.0 Å². The molecule has 0 aliphatic carbocycles. The van der Waals surface area contributed by atoms with Crippen molar-refractivity contribution in [1.29, 1.82) is 0 Å². The molecule has 9 heteroatoms. The lowest BCUT2D eigenvalue weighted by molar-refractivity contribution is -0.384. The van der Waals surface area contributed by atoms with E-state index in [1.54, 1.807) is 0 Å². The largest absolute Gasteiger partial charge is 0.496 e. The Morgan fingerprint density at radius 2 is 1.93 bits per heavy atom. The average Bonchev–Trinajstić information content (AvgIpc) is 2.65. The highest BCUT2D eigenvalue weighted by molar-refractivity contribution is 8.00. The fraction of sp³-hybridized carbons (Fsp3) is 0.263. The van der Waals surface area contributed by atoms with Crippen molar-refractivity contribution in [2.45, 2.75) is 18.7 Å². The molecular weight excluding hydrogens is 384 g/mol. The number of thioether (sulfide) groups is 1. The fourth-order valence-corrected chi connectivity index (χ4v) is 3.17. The molecule has 1 N–H and O–H groups in total. The number of esters is 1. The number of methoxy groups -OCH3 is 1. The van der Waals surface area contributed by atoms with Crippen molar-refractivity contribution in [2.75, 3.05) is 24.8 Å². The van der Waals surface area contributed by atoms with Gasteiger partial charge in [0.25, 0.3) is 11.6 Å². The summed E-state index contributed by atoms with van der Waals surface area (Å²) < 4.78 is 9.87. The van der Waals surface area contributed by atoms with Crippen molar-refractivity contribution < 1.29 is 24.0 Å². The fourth-order valence-electron chi connectivity index (χ4n) is 2.37. The summed E-state index contributed by atoms with van der Waals surface area (Å²) in [7, 11) is 1.38. The number of nitrogens with one attached hydrogen (secondary N) is 1. The van der Waals surface area contributed by atoms with E-state index < -0.39 is 23.4 Å². The van der Waals surface area contributed by atoms with Crippen molar-refractivity contribution in [1.82, 2.24) is 0 Å². The summed E-state index contributed by atoms with van der Waals surface area (Å²) in [6, 6.07) is 9.93. The minimum absolute atomic E-state index is 0.00324. The lowest BCUT2D eigenvalue weighted by Gasteiger charge is -2.09. The highest BCUT2D eigenvalue weighted by atomic mass is 32.2. The number of nitrogens with zero attached hydrogens (tertiary/aromatic N) is 1. The van der Waals surface area contributed by atoms with Gasteiger partial charge in [0.1, 0.15) is 11.4 Å². The zero-order chi connectivity index (χ0) is 20.7. The lowest BCUT2D eigenvalue weighted by Crippen LogP contribution is -2.22. The minimum Gasteiger partial charge on any atom is -0.496 e. The van der Waals surface area contributed by atoms with Crippen LogP contribution >= 0.6 is 11.8 Å². The molecule has 0 heterocycles. The standard InChI is InChI=1S/C19H20N2O6S/c1-12-4-7-17(13(2)8-12)28-11-19(23)27-10-18(22)20-15-6-5-14(26-3)9-16(15)21(24)25/h4-9H,10-11H2,1-3H3,(H,20,22). The van der Waals surface area contributed by atoms with Crippen LogP contribution in [0.1, 0.15) is 11.1 Å². The van der Waals surface area contributed by atoms with Gasteiger partial charge < -0.3 is 14.8 Å². The molecule has 0 unspecified atom stereocenters. The van der Waals surface area contributed by atoms with Gasteiger partial charge in [-0.25, -0.2) is 0 Å². The molecular formula is C19H20N2O6S. The maximum atomic E-state index is 12.0. The summed E-state index contributed by atoms with van der Waals surface area (Å²) in [6.45, 7) is 3.41. The quantitative estimate of drug-likeness (QED) is 0.310. The molecule has 0 bridgehead atoms. The molecule has 2 aromatic rings. The number of hydrogen-bond donors (Lipinski definition) is 1. The summed E-state index contributed by atoms with van der Waals surface area (Å²) in [5.74, 6) is -0.873. The second kappa shape index (κ2) is 9.75. The molecule has 0 saturated heterocycles. The van der Waals surface area contributed by atoms with E-state index in [1.165, 1.54) is 37.1 Å². The second-order valence-electron chi connectivity index (χ2n) is 5.91. The third-order valence-electron chi connectivity index (χ3n) is 3.72. The smallest absolute Gasteiger partial charge is 0.316 e. The van der Waals surface area contributed by atoms with Gasteiger partial charge in [-0.1, -0.05) is 17.7 Å². The van der Waals surface area contributed by atoms with Crippen LogP contribution in [0.15, 0.2) is 41.3 Å². The maximum absolute atomic E-state index is 12.0. The van der Waals surface area contributed by atoms with Crippen LogP contribution in [0.25, 0.3) is 0 Å². The number of ether oxygens (including phenoxy) is 2. The van der Waals surface area contributed by atoms with E-state index in [1.807, 2.05) is 32.0 Å². The number of nitro benzene ring substituents is 1. The molecule has 0 aromatic heterocycles. The van der Waals surface area contributed by atoms with Crippen LogP contribution in [0, 0.1) is 24.0 Å². The zero-order valence-corrected chi connectivity index (χ0v) is 16.5. The van der Waals surface area contributed by atoms with Crippen molar-refractivity contribution in [2.24, 2.45) is 0 Å². The van der Waals surface area contributed by atoms with Gasteiger partial charge in [0.05, 0.1) is 23.9 Å². The number of carbonyl (C=O) groups excluding carboxylic acids is 2. The molecule has 28 heavy (non-hydrogen) atoms. The normalized spacial score (nSPS) is 10.2. The van der Waals surface area contributed by atoms with Crippen molar-refractivity contribution >= 4 is 35.0 Å². The van der Waals surface area contributed by atoms with Crippen LogP contribution in [-0.2, 0) is 14.3 Å². The summed E-state index contributed by atoms with van der Waals surface area (Å²) in [5, 5.41) is 13.5. The van der Waals surface area contributed by atoms with Gasteiger partial charge in [-0.3, -0.25) is 19.7 Å². The third kappa shape index (κ3) is 5.98. The molecule has 2 aromatic carbocycles. The van der Waals surface area contributed by atoms with Gasteiger partial charge in [0, 0.05) is 4.90 Å². The molecule has 0 aliphatic heterocycles. The number of aryl methyl sites for hydroxylation is 2. The highest BCUT2D eigenvalue weighted by Gasteiger charge is 2.18. The molecule has 2 rings (SSSR count). The van der Waals surface area contributed by atoms with Gasteiger partial charge in [-0.15, -0.1) is 11.8 Å². The van der Waals surface area contributed by atoms with Crippen molar-refractivity contribution in [3.05, 3.63) is 57.6 Å². The van der Waals surface area contributed by atoms with Gasteiger partial charge >= 0.3 is 5.97 Å². The monoisotopic (exact) mass is 404 g/mol. The second-order valence-corrected chi connectivity index (χ2v) is 6.92. The first-order valence-corrected chi connectivity index (χ1v) is 9.26. The summed E-state index contributed by atoms with van der Waals surface area (Å²) in [4.78, 5) is 35.3. The number of benzene rings is 2. The maximum Gasteiger partial charge on any atom is 0.316 e. The highest BCUT2D eigenvalue weighted by Crippen LogP contribution is 2.29. The minimum atomic E-state index is -0.668. The van der Waals surface area contributed by atoms with Gasteiger partial charge in [0.15, 0.2) is 6.61 Å². The van der Waals surface area contributed by atoms with Crippen LogP contribution in [0.2, 0.25) is 0 Å². The van der Waals surface area contributed by atoms with Gasteiger partial charge in [-0.2, -0.15) is 0 Å². The van der Waals surface area contributed by atoms with Gasteiger partial charge in [-0.05, 0) is 37.6 Å². The summed E-state index contributed by atoms with van der Waals surface area (Å²) in [5.41, 5.74) is 1.87. The third-order valence-corrected chi connectivity index (χ3v) is 4.86. The Morgan fingerprint density at radius 3 is 2.57 bits per heavy atom. The summed E-state index contributed by atoms with van der Waals surface area (Å²) in [6.07, 6.45) is 0. The van der Waals surface area contributed by atoms with Crippen LogP contribution < -0.4 is 10.1 Å². The van der Waals surface area contributed by atoms with Crippen LogP contribution in [0.5, 0.6) is 5.75 Å². The Morgan fingerprint density at radius 1 is 1.18 bits per heavy atom. The molecule has 0 radical (unpaired) electrons. The summed E-state index contributed by atoms with van der Waals surface area (Å²) >= 11 is 1.32. The van der Waals surface area contributed by atoms with Crippen molar-refractivity contribution in [3.8, 4) is 5.75 Å². The molecule has 0 atom stereocenters. The van der Waals surface area contributed by atoms with Crippen LogP contribution in [0.3, 0.4) is 0 Å². The predicted octanol–water partition coefficient (Wildman–Crippen LogP) is 3.49. The Balaban J connectivity index is 1.86. The molecule has 0 aliphatic rings. The van der Waals surface area contributed by atoms with E-state index in [0.29, 0.717) is 5.75 Å². The Kier molecular flexibility index (Phi) is 7.39. The number of anilines is 1. The number of hydrogen-bond acceptors (Lipinski definition) is 7. The Hall–Kier alpha value is -3.07. The van der Waals surface area contributed by atoms with Crippen LogP contribution in [0.4, 0.5) is 11.4 Å². The molecule has 0 spiro atoms. The molecule has 8 nitrogen and oxygen atoms in total. The Labute approximate surface area is 166 Å². The SMILES string of the molecule is COc1ccc(NC(=O)COC(=O)CSc2ccc(C)cc2C)c([N+](=O)[O-])c1. The predicted molar refractivity (Wildman–Crippen MR) is 106 cm³/mol. The molecule has 0 saturated carbocycles.